The normalized spacial score (nSPS) is 9.94. The zero-order valence-corrected chi connectivity index (χ0v) is 9.45. The van der Waals surface area contributed by atoms with Crippen molar-refractivity contribution >= 4 is 11.6 Å². The first-order valence-corrected chi connectivity index (χ1v) is 5.23. The predicted octanol–water partition coefficient (Wildman–Crippen LogP) is 3.00. The highest BCUT2D eigenvalue weighted by molar-refractivity contribution is 6.31. The largest absolute Gasteiger partial charge is 0.240 e. The van der Waals surface area contributed by atoms with Gasteiger partial charge in [-0.3, -0.25) is 0 Å². The second kappa shape index (κ2) is 4.89. The smallest absolute Gasteiger partial charge is 0.142 e. The third kappa shape index (κ3) is 2.58. The van der Waals surface area contributed by atoms with Gasteiger partial charge in [-0.15, -0.1) is 0 Å². The van der Waals surface area contributed by atoms with Crippen LogP contribution in [-0.2, 0) is 6.42 Å². The van der Waals surface area contributed by atoms with E-state index in [1.54, 1.807) is 18.3 Å². The van der Waals surface area contributed by atoms with Crippen molar-refractivity contribution in [2.45, 2.75) is 6.42 Å². The van der Waals surface area contributed by atoms with Crippen molar-refractivity contribution in [3.63, 3.8) is 0 Å². The predicted molar refractivity (Wildman–Crippen MR) is 61.8 cm³/mol. The standard InChI is InChI=1S/C12H7ClFN3/c13-9-7-8(1-2-10(9)14)11-4-6-16-12(17-11)3-5-15/h1-2,4,6-7H,3H2. The second-order valence-corrected chi connectivity index (χ2v) is 3.73. The summed E-state index contributed by atoms with van der Waals surface area (Å²) in [6, 6.07) is 8.02. The number of aromatic nitrogens is 2. The molecule has 0 saturated carbocycles. The summed E-state index contributed by atoms with van der Waals surface area (Å²) in [6.45, 7) is 0. The molecule has 0 aliphatic rings. The maximum absolute atomic E-state index is 13.0. The molecule has 0 spiro atoms. The van der Waals surface area contributed by atoms with Crippen LogP contribution in [0.15, 0.2) is 30.5 Å². The van der Waals surface area contributed by atoms with Crippen LogP contribution in [0.2, 0.25) is 5.02 Å². The lowest BCUT2D eigenvalue weighted by molar-refractivity contribution is 0.628. The van der Waals surface area contributed by atoms with Gasteiger partial charge in [-0.1, -0.05) is 11.6 Å². The molecule has 0 unspecified atom stereocenters. The molecule has 0 aliphatic heterocycles. The Kier molecular flexibility index (Phi) is 3.31. The van der Waals surface area contributed by atoms with E-state index in [4.69, 9.17) is 16.9 Å². The average molecular weight is 248 g/mol. The van der Waals surface area contributed by atoms with Gasteiger partial charge in [0.1, 0.15) is 11.6 Å². The van der Waals surface area contributed by atoms with Crippen LogP contribution in [0.5, 0.6) is 0 Å². The van der Waals surface area contributed by atoms with Crippen LogP contribution in [0.1, 0.15) is 5.82 Å². The first-order valence-electron chi connectivity index (χ1n) is 4.85. The van der Waals surface area contributed by atoms with Gasteiger partial charge in [-0.2, -0.15) is 5.26 Å². The van der Waals surface area contributed by atoms with Crippen LogP contribution < -0.4 is 0 Å². The SMILES string of the molecule is N#CCc1nccc(-c2ccc(F)c(Cl)c2)n1. The molecule has 0 atom stereocenters. The number of hydrogen-bond donors (Lipinski definition) is 0. The summed E-state index contributed by atoms with van der Waals surface area (Å²) in [4.78, 5) is 8.14. The molecule has 0 bridgehead atoms. The van der Waals surface area contributed by atoms with Crippen molar-refractivity contribution in [3.8, 4) is 17.3 Å². The summed E-state index contributed by atoms with van der Waals surface area (Å²) >= 11 is 5.69. The summed E-state index contributed by atoms with van der Waals surface area (Å²) in [6.07, 6.45) is 1.70. The third-order valence-electron chi connectivity index (χ3n) is 2.16. The minimum absolute atomic E-state index is 0.0444. The Balaban J connectivity index is 2.42. The van der Waals surface area contributed by atoms with Crippen molar-refractivity contribution in [1.29, 1.82) is 5.26 Å². The van der Waals surface area contributed by atoms with E-state index in [2.05, 4.69) is 9.97 Å². The van der Waals surface area contributed by atoms with E-state index in [1.807, 2.05) is 6.07 Å². The van der Waals surface area contributed by atoms with Crippen LogP contribution in [0.25, 0.3) is 11.3 Å². The first-order chi connectivity index (χ1) is 8.20. The molecule has 0 amide bonds. The molecule has 1 heterocycles. The number of hydrogen-bond acceptors (Lipinski definition) is 3. The zero-order chi connectivity index (χ0) is 12.3. The molecule has 2 rings (SSSR count). The van der Waals surface area contributed by atoms with E-state index < -0.39 is 5.82 Å². The highest BCUT2D eigenvalue weighted by atomic mass is 35.5. The van der Waals surface area contributed by atoms with Crippen LogP contribution >= 0.6 is 11.6 Å². The molecule has 2 aromatic rings. The van der Waals surface area contributed by atoms with Gasteiger partial charge in [-0.25, -0.2) is 14.4 Å². The van der Waals surface area contributed by atoms with E-state index in [0.717, 1.165) is 0 Å². The Hall–Kier alpha value is -1.99. The van der Waals surface area contributed by atoms with E-state index in [0.29, 0.717) is 17.1 Å². The summed E-state index contributed by atoms with van der Waals surface area (Å²) < 4.78 is 13.0. The molecule has 0 aliphatic carbocycles. The third-order valence-corrected chi connectivity index (χ3v) is 2.45. The molecular formula is C12H7ClFN3. The lowest BCUT2D eigenvalue weighted by atomic mass is 10.1. The molecule has 17 heavy (non-hydrogen) atoms. The Labute approximate surface area is 103 Å². The molecular weight excluding hydrogens is 241 g/mol. The number of nitriles is 1. The molecule has 1 aromatic carbocycles. The lowest BCUT2D eigenvalue weighted by Gasteiger charge is -2.03. The van der Waals surface area contributed by atoms with Crippen molar-refractivity contribution in [2.75, 3.05) is 0 Å². The molecule has 0 N–H and O–H groups in total. The fourth-order valence-electron chi connectivity index (χ4n) is 1.37. The van der Waals surface area contributed by atoms with E-state index in [-0.39, 0.29) is 11.4 Å². The topological polar surface area (TPSA) is 49.6 Å². The maximum Gasteiger partial charge on any atom is 0.142 e. The summed E-state index contributed by atoms with van der Waals surface area (Å²) in [5.41, 5.74) is 1.31. The van der Waals surface area contributed by atoms with Gasteiger partial charge in [0.2, 0.25) is 0 Å². The van der Waals surface area contributed by atoms with Crippen molar-refractivity contribution < 1.29 is 4.39 Å². The Morgan fingerprint density at radius 3 is 2.88 bits per heavy atom. The van der Waals surface area contributed by atoms with Crippen LogP contribution in [0, 0.1) is 17.1 Å². The number of rotatable bonds is 2. The molecule has 0 fully saturated rings. The average Bonchev–Trinajstić information content (AvgIpc) is 2.33. The summed E-state index contributed by atoms with van der Waals surface area (Å²) in [5, 5.41) is 8.61. The Morgan fingerprint density at radius 2 is 2.18 bits per heavy atom. The Morgan fingerprint density at radius 1 is 1.35 bits per heavy atom. The van der Waals surface area contributed by atoms with Gasteiger partial charge in [0.05, 0.1) is 23.2 Å². The fraction of sp³-hybridized carbons (Fsp3) is 0.0833. The van der Waals surface area contributed by atoms with E-state index >= 15 is 0 Å². The number of benzene rings is 1. The van der Waals surface area contributed by atoms with Gasteiger partial charge in [0.25, 0.3) is 0 Å². The minimum Gasteiger partial charge on any atom is -0.240 e. The highest BCUT2D eigenvalue weighted by Crippen LogP contribution is 2.23. The van der Waals surface area contributed by atoms with Crippen LogP contribution in [0.3, 0.4) is 0 Å². The molecule has 0 radical (unpaired) electrons. The molecule has 84 valence electrons. The van der Waals surface area contributed by atoms with Crippen molar-refractivity contribution in [3.05, 3.63) is 47.1 Å². The number of nitrogens with zero attached hydrogens (tertiary/aromatic N) is 3. The van der Waals surface area contributed by atoms with Gasteiger partial charge in [-0.05, 0) is 24.3 Å². The van der Waals surface area contributed by atoms with E-state index in [9.17, 15) is 4.39 Å². The molecule has 0 saturated heterocycles. The van der Waals surface area contributed by atoms with Gasteiger partial charge in [0.15, 0.2) is 0 Å². The van der Waals surface area contributed by atoms with Crippen LogP contribution in [0.4, 0.5) is 4.39 Å². The fourth-order valence-corrected chi connectivity index (χ4v) is 1.55. The second-order valence-electron chi connectivity index (χ2n) is 3.32. The maximum atomic E-state index is 13.0. The molecule has 3 nitrogen and oxygen atoms in total. The van der Waals surface area contributed by atoms with Gasteiger partial charge < -0.3 is 0 Å². The van der Waals surface area contributed by atoms with Crippen LogP contribution in [-0.4, -0.2) is 9.97 Å². The highest BCUT2D eigenvalue weighted by Gasteiger charge is 2.05. The lowest BCUT2D eigenvalue weighted by Crippen LogP contribution is -1.95. The number of halogens is 2. The van der Waals surface area contributed by atoms with Crippen molar-refractivity contribution in [1.82, 2.24) is 9.97 Å². The summed E-state index contributed by atoms with van der Waals surface area (Å²) in [5.74, 6) is -0.0350. The minimum atomic E-state index is -0.471. The molecule has 5 heteroatoms. The first kappa shape index (κ1) is 11.5. The summed E-state index contributed by atoms with van der Waals surface area (Å²) in [7, 11) is 0. The quantitative estimate of drug-likeness (QED) is 0.820. The monoisotopic (exact) mass is 247 g/mol. The van der Waals surface area contributed by atoms with E-state index in [1.165, 1.54) is 12.1 Å². The van der Waals surface area contributed by atoms with Gasteiger partial charge >= 0.3 is 0 Å². The molecule has 1 aromatic heterocycles. The van der Waals surface area contributed by atoms with Crippen molar-refractivity contribution in [2.24, 2.45) is 0 Å². The van der Waals surface area contributed by atoms with Gasteiger partial charge in [0, 0.05) is 11.8 Å². The zero-order valence-electron chi connectivity index (χ0n) is 8.69. The Bertz CT molecular complexity index is 593.